The third-order valence-corrected chi connectivity index (χ3v) is 8.26. The van der Waals surface area contributed by atoms with Gasteiger partial charge in [-0.1, -0.05) is 35.9 Å². The highest BCUT2D eigenvalue weighted by atomic mass is 35.5. The number of carboxylic acid groups (broad SMARTS) is 1. The lowest BCUT2D eigenvalue weighted by atomic mass is 9.98. The van der Waals surface area contributed by atoms with Gasteiger partial charge in [0.05, 0.1) is 24.4 Å². The molecule has 0 spiro atoms. The van der Waals surface area contributed by atoms with Gasteiger partial charge in [0.1, 0.15) is 11.4 Å². The van der Waals surface area contributed by atoms with E-state index in [4.69, 9.17) is 26.2 Å². The van der Waals surface area contributed by atoms with Gasteiger partial charge < -0.3 is 19.1 Å². The van der Waals surface area contributed by atoms with Crippen molar-refractivity contribution in [1.29, 1.82) is 0 Å². The number of hydrogen-bond donors (Lipinski definition) is 1. The van der Waals surface area contributed by atoms with Gasteiger partial charge >= 0.3 is 5.97 Å². The zero-order chi connectivity index (χ0) is 30.0. The Morgan fingerprint density at radius 1 is 1.10 bits per heavy atom. The standard InChI is InChI=1S/C33H35ClN4O4/c1-20-15-24(16-21(2)30(20)34)42-14-8-12-26-25-10-6-11-27(29-22(3)37(4)36-28(29)19-41-5)31(25)38(32(26)33(39)40)18-23-9-7-13-35-17-23/h6-7,9-11,13,15-17H,8,12,14,18-19H2,1-5H3,(H,39,40). The number of ether oxygens (including phenoxy) is 2. The van der Waals surface area contributed by atoms with Crippen LogP contribution in [0.4, 0.5) is 0 Å². The maximum atomic E-state index is 12.9. The molecule has 2 aromatic carbocycles. The van der Waals surface area contributed by atoms with Gasteiger partial charge in [-0.3, -0.25) is 9.67 Å². The van der Waals surface area contributed by atoms with Crippen LogP contribution in [-0.2, 0) is 31.4 Å². The molecular weight excluding hydrogens is 552 g/mol. The molecule has 0 bridgehead atoms. The number of benzene rings is 2. The summed E-state index contributed by atoms with van der Waals surface area (Å²) in [5.41, 5.74) is 8.40. The van der Waals surface area contributed by atoms with E-state index in [1.54, 1.807) is 19.5 Å². The molecule has 0 aliphatic rings. The Kier molecular flexibility index (Phi) is 8.66. The van der Waals surface area contributed by atoms with Crippen LogP contribution < -0.4 is 4.74 Å². The molecule has 0 amide bonds. The zero-order valence-corrected chi connectivity index (χ0v) is 25.3. The summed E-state index contributed by atoms with van der Waals surface area (Å²) in [5.74, 6) is -0.215. The molecular formula is C33H35ClN4O4. The summed E-state index contributed by atoms with van der Waals surface area (Å²) in [6.07, 6.45) is 4.66. The summed E-state index contributed by atoms with van der Waals surface area (Å²) in [5, 5.41) is 16.9. The monoisotopic (exact) mass is 586 g/mol. The maximum Gasteiger partial charge on any atom is 0.352 e. The van der Waals surface area contributed by atoms with Crippen molar-refractivity contribution in [2.45, 2.75) is 46.8 Å². The molecule has 0 fully saturated rings. The summed E-state index contributed by atoms with van der Waals surface area (Å²) in [7, 11) is 3.56. The highest BCUT2D eigenvalue weighted by Crippen LogP contribution is 2.38. The second kappa shape index (κ2) is 12.4. The van der Waals surface area contributed by atoms with E-state index in [0.29, 0.717) is 32.6 Å². The molecule has 5 rings (SSSR count). The van der Waals surface area contributed by atoms with Crippen LogP contribution in [-0.4, -0.2) is 44.1 Å². The van der Waals surface area contributed by atoms with Crippen LogP contribution in [0.1, 0.15) is 50.6 Å². The fraction of sp³-hybridized carbons (Fsp3) is 0.303. The van der Waals surface area contributed by atoms with Gasteiger partial charge in [-0.15, -0.1) is 0 Å². The fourth-order valence-electron chi connectivity index (χ4n) is 5.71. The number of para-hydroxylation sites is 1. The normalized spacial score (nSPS) is 11.4. The topological polar surface area (TPSA) is 91.4 Å². The second-order valence-electron chi connectivity index (χ2n) is 10.6. The number of hydrogen-bond acceptors (Lipinski definition) is 5. The van der Waals surface area contributed by atoms with Crippen molar-refractivity contribution in [1.82, 2.24) is 19.3 Å². The van der Waals surface area contributed by atoms with E-state index in [2.05, 4.69) is 4.98 Å². The summed E-state index contributed by atoms with van der Waals surface area (Å²) >= 11 is 6.32. The highest BCUT2D eigenvalue weighted by molar-refractivity contribution is 6.32. The Balaban J connectivity index is 1.61. The molecule has 0 aliphatic carbocycles. The molecule has 8 nitrogen and oxygen atoms in total. The second-order valence-corrected chi connectivity index (χ2v) is 10.9. The van der Waals surface area contributed by atoms with Gasteiger partial charge in [0.2, 0.25) is 0 Å². The van der Waals surface area contributed by atoms with Crippen LogP contribution in [0.5, 0.6) is 5.75 Å². The number of nitrogens with zero attached hydrogens (tertiary/aromatic N) is 4. The largest absolute Gasteiger partial charge is 0.494 e. The van der Waals surface area contributed by atoms with Gasteiger partial charge in [-0.2, -0.15) is 5.10 Å². The highest BCUT2D eigenvalue weighted by Gasteiger charge is 2.27. The van der Waals surface area contributed by atoms with Crippen molar-refractivity contribution in [3.63, 3.8) is 0 Å². The molecule has 9 heteroatoms. The van der Waals surface area contributed by atoms with Crippen molar-refractivity contribution in [3.8, 4) is 16.9 Å². The summed E-state index contributed by atoms with van der Waals surface area (Å²) in [6, 6.07) is 13.7. The summed E-state index contributed by atoms with van der Waals surface area (Å²) in [4.78, 5) is 17.2. The number of carboxylic acids is 1. The smallest absolute Gasteiger partial charge is 0.352 e. The molecule has 0 saturated carbocycles. The molecule has 0 aliphatic heterocycles. The third-order valence-electron chi connectivity index (χ3n) is 7.66. The van der Waals surface area contributed by atoms with Gasteiger partial charge in [0, 0.05) is 60.3 Å². The Bertz CT molecular complexity index is 1730. The minimum absolute atomic E-state index is 0.273. The van der Waals surface area contributed by atoms with E-state index in [1.165, 1.54) is 0 Å². The van der Waals surface area contributed by atoms with E-state index in [0.717, 1.165) is 66.4 Å². The number of carbonyl (C=O) groups is 1. The molecule has 5 aromatic rings. The number of fused-ring (bicyclic) bond motifs is 1. The van der Waals surface area contributed by atoms with Crippen molar-refractivity contribution >= 4 is 28.5 Å². The van der Waals surface area contributed by atoms with Crippen LogP contribution in [0.3, 0.4) is 0 Å². The van der Waals surface area contributed by atoms with Gasteiger partial charge in [-0.05, 0) is 74.1 Å². The molecule has 3 heterocycles. The van der Waals surface area contributed by atoms with E-state index in [1.807, 2.05) is 79.5 Å². The van der Waals surface area contributed by atoms with Crippen LogP contribution in [0.2, 0.25) is 5.02 Å². The molecule has 0 unspecified atom stereocenters. The minimum Gasteiger partial charge on any atom is -0.494 e. The van der Waals surface area contributed by atoms with Gasteiger partial charge in [-0.25, -0.2) is 4.79 Å². The third kappa shape index (κ3) is 5.65. The predicted octanol–water partition coefficient (Wildman–Crippen LogP) is 6.92. The van der Waals surface area contributed by atoms with Crippen LogP contribution in [0.25, 0.3) is 22.0 Å². The fourth-order valence-corrected chi connectivity index (χ4v) is 5.81. The van der Waals surface area contributed by atoms with E-state index >= 15 is 0 Å². The number of rotatable bonds is 11. The first kappa shape index (κ1) is 29.4. The first-order chi connectivity index (χ1) is 20.2. The number of pyridine rings is 1. The first-order valence-corrected chi connectivity index (χ1v) is 14.3. The number of halogens is 1. The van der Waals surface area contributed by atoms with E-state index in [-0.39, 0.29) is 5.69 Å². The molecule has 3 aromatic heterocycles. The van der Waals surface area contributed by atoms with Crippen molar-refractivity contribution in [2.75, 3.05) is 13.7 Å². The Labute approximate surface area is 250 Å². The lowest BCUT2D eigenvalue weighted by Crippen LogP contribution is -2.12. The Morgan fingerprint density at radius 2 is 1.86 bits per heavy atom. The number of aryl methyl sites for hydroxylation is 4. The average molecular weight is 587 g/mol. The Morgan fingerprint density at radius 3 is 2.52 bits per heavy atom. The van der Waals surface area contributed by atoms with Crippen LogP contribution in [0.15, 0.2) is 54.9 Å². The average Bonchev–Trinajstić information content (AvgIpc) is 3.43. The summed E-state index contributed by atoms with van der Waals surface area (Å²) < 4.78 is 15.3. The predicted molar refractivity (Wildman–Crippen MR) is 165 cm³/mol. The van der Waals surface area contributed by atoms with Crippen LogP contribution in [0, 0.1) is 20.8 Å². The lowest BCUT2D eigenvalue weighted by Gasteiger charge is -2.13. The molecule has 218 valence electrons. The molecule has 1 N–H and O–H groups in total. The maximum absolute atomic E-state index is 12.9. The van der Waals surface area contributed by atoms with Crippen molar-refractivity contribution < 1.29 is 19.4 Å². The lowest BCUT2D eigenvalue weighted by molar-refractivity contribution is 0.0684. The van der Waals surface area contributed by atoms with E-state index in [9.17, 15) is 9.90 Å². The SMILES string of the molecule is COCc1nn(C)c(C)c1-c1cccc2c(CCCOc3cc(C)c(Cl)c(C)c3)c(C(=O)O)n(Cc3cccnc3)c12. The van der Waals surface area contributed by atoms with Gasteiger partial charge in [0.15, 0.2) is 0 Å². The zero-order valence-electron chi connectivity index (χ0n) is 24.6. The Hall–Kier alpha value is -4.14. The van der Waals surface area contributed by atoms with Crippen molar-refractivity contribution in [3.05, 3.63) is 99.2 Å². The first-order valence-electron chi connectivity index (χ1n) is 13.9. The summed E-state index contributed by atoms with van der Waals surface area (Å²) in [6.45, 7) is 7.08. The number of aromatic nitrogens is 4. The molecule has 42 heavy (non-hydrogen) atoms. The number of aromatic carboxylic acids is 1. The molecule has 0 saturated heterocycles. The number of methoxy groups -OCH3 is 1. The molecule has 0 atom stereocenters. The molecule has 0 radical (unpaired) electrons. The quantitative estimate of drug-likeness (QED) is 0.169. The van der Waals surface area contributed by atoms with E-state index < -0.39 is 5.97 Å². The van der Waals surface area contributed by atoms with Crippen LogP contribution >= 0.6 is 11.6 Å². The minimum atomic E-state index is -0.971. The van der Waals surface area contributed by atoms with Gasteiger partial charge in [0.25, 0.3) is 0 Å². The van der Waals surface area contributed by atoms with Crippen molar-refractivity contribution in [2.24, 2.45) is 7.05 Å².